The zero-order chi connectivity index (χ0) is 16.4. The molecule has 2 atom stereocenters. The van der Waals surface area contributed by atoms with Gasteiger partial charge in [-0.1, -0.05) is 26.0 Å². The van der Waals surface area contributed by atoms with Gasteiger partial charge in [0.25, 0.3) is 0 Å². The van der Waals surface area contributed by atoms with Crippen LogP contribution in [-0.4, -0.2) is 28.0 Å². The quantitative estimate of drug-likeness (QED) is 0.676. The van der Waals surface area contributed by atoms with E-state index >= 15 is 0 Å². The lowest BCUT2D eigenvalue weighted by Crippen LogP contribution is -2.09. The average molecular weight is 302 g/mol. The van der Waals surface area contributed by atoms with Crippen molar-refractivity contribution in [2.45, 2.75) is 25.7 Å². The molecular weight excluding hydrogens is 280 g/mol. The molecular formula is C16H22N4O2. The van der Waals surface area contributed by atoms with Crippen LogP contribution in [0.3, 0.4) is 0 Å². The van der Waals surface area contributed by atoms with Gasteiger partial charge in [-0.2, -0.15) is 0 Å². The lowest BCUT2D eigenvalue weighted by Gasteiger charge is -2.05. The van der Waals surface area contributed by atoms with Gasteiger partial charge in [-0.25, -0.2) is 0 Å². The molecule has 2 aromatic rings. The highest BCUT2D eigenvalue weighted by Crippen LogP contribution is 2.12. The van der Waals surface area contributed by atoms with Gasteiger partial charge in [-0.05, 0) is 35.7 Å². The van der Waals surface area contributed by atoms with E-state index in [1.807, 2.05) is 31.3 Å². The Bertz CT molecular complexity index is 549. The predicted octanol–water partition coefficient (Wildman–Crippen LogP) is 2.61. The number of hydrogen-bond donors (Lipinski definition) is 1. The Morgan fingerprint density at radius 1 is 1.09 bits per heavy atom. The van der Waals surface area contributed by atoms with E-state index in [-0.39, 0.29) is 17.4 Å². The second-order valence-corrected chi connectivity index (χ2v) is 5.13. The number of nitrogens with two attached hydrogens (primary N) is 1. The Hall–Kier alpha value is -2.34. The number of aromatic nitrogens is 2. The SMILES string of the molecule is CC(CN)c1cccnc1.CC(C[N+](=O)[O-])c1cccnc1. The highest BCUT2D eigenvalue weighted by atomic mass is 16.6. The van der Waals surface area contributed by atoms with Crippen LogP contribution in [0.5, 0.6) is 0 Å². The molecule has 0 bridgehead atoms. The summed E-state index contributed by atoms with van der Waals surface area (Å²) in [5, 5.41) is 10.2. The molecule has 0 aliphatic carbocycles. The third kappa shape index (κ3) is 6.41. The molecule has 2 unspecified atom stereocenters. The molecule has 0 spiro atoms. The van der Waals surface area contributed by atoms with Gasteiger partial charge in [0.1, 0.15) is 0 Å². The van der Waals surface area contributed by atoms with Crippen molar-refractivity contribution in [3.63, 3.8) is 0 Å². The van der Waals surface area contributed by atoms with Gasteiger partial charge in [0.15, 0.2) is 0 Å². The van der Waals surface area contributed by atoms with Crippen molar-refractivity contribution in [3.8, 4) is 0 Å². The molecule has 0 aliphatic rings. The molecule has 6 heteroatoms. The smallest absolute Gasteiger partial charge is 0.210 e. The summed E-state index contributed by atoms with van der Waals surface area (Å²) in [5.74, 6) is 0.363. The molecule has 2 rings (SSSR count). The minimum absolute atomic E-state index is 0.0360. The predicted molar refractivity (Wildman–Crippen MR) is 86.2 cm³/mol. The molecule has 118 valence electrons. The standard InChI is InChI=1S/C8H10N2O2.C8H12N2/c1-7(6-10(11)12)8-3-2-4-9-5-8;1-7(5-9)8-3-2-4-10-6-8/h2-5,7H,6H2,1H3;2-4,6-7H,5,9H2,1H3. The van der Waals surface area contributed by atoms with Crippen molar-refractivity contribution in [1.82, 2.24) is 9.97 Å². The van der Waals surface area contributed by atoms with E-state index in [1.54, 1.807) is 24.7 Å². The first-order valence-electron chi connectivity index (χ1n) is 7.16. The summed E-state index contributed by atoms with van der Waals surface area (Å²) in [7, 11) is 0. The summed E-state index contributed by atoms with van der Waals surface area (Å²) in [6.45, 7) is 4.56. The van der Waals surface area contributed by atoms with Crippen LogP contribution >= 0.6 is 0 Å². The maximum absolute atomic E-state index is 10.2. The van der Waals surface area contributed by atoms with E-state index in [2.05, 4.69) is 16.9 Å². The average Bonchev–Trinajstić information content (AvgIpc) is 2.55. The van der Waals surface area contributed by atoms with E-state index in [1.165, 1.54) is 5.56 Å². The molecule has 6 nitrogen and oxygen atoms in total. The summed E-state index contributed by atoms with van der Waals surface area (Å²) in [6, 6.07) is 7.61. The van der Waals surface area contributed by atoms with Crippen LogP contribution in [0.2, 0.25) is 0 Å². The summed E-state index contributed by atoms with van der Waals surface area (Å²) >= 11 is 0. The molecule has 2 aromatic heterocycles. The maximum atomic E-state index is 10.2. The van der Waals surface area contributed by atoms with E-state index in [0.717, 1.165) is 5.56 Å². The Balaban J connectivity index is 0.000000224. The van der Waals surface area contributed by atoms with Gasteiger partial charge in [0, 0.05) is 35.6 Å². The van der Waals surface area contributed by atoms with Crippen LogP contribution in [0.1, 0.15) is 36.8 Å². The normalized spacial score (nSPS) is 12.7. The van der Waals surface area contributed by atoms with Crippen molar-refractivity contribution in [2.24, 2.45) is 5.73 Å². The fraction of sp³-hybridized carbons (Fsp3) is 0.375. The Labute approximate surface area is 130 Å². The lowest BCUT2D eigenvalue weighted by atomic mass is 10.0. The van der Waals surface area contributed by atoms with Crippen LogP contribution in [0.4, 0.5) is 0 Å². The molecule has 0 aliphatic heterocycles. The number of nitro groups is 1. The second-order valence-electron chi connectivity index (χ2n) is 5.13. The fourth-order valence-corrected chi connectivity index (χ4v) is 1.80. The monoisotopic (exact) mass is 302 g/mol. The molecule has 2 heterocycles. The summed E-state index contributed by atoms with van der Waals surface area (Å²) in [5.41, 5.74) is 7.60. The van der Waals surface area contributed by atoms with Gasteiger partial charge < -0.3 is 5.73 Å². The number of rotatable bonds is 5. The molecule has 22 heavy (non-hydrogen) atoms. The highest BCUT2D eigenvalue weighted by Gasteiger charge is 2.10. The van der Waals surface area contributed by atoms with Gasteiger partial charge in [0.2, 0.25) is 6.54 Å². The molecule has 2 N–H and O–H groups in total. The van der Waals surface area contributed by atoms with Crippen LogP contribution in [0, 0.1) is 10.1 Å². The van der Waals surface area contributed by atoms with Crippen molar-refractivity contribution in [1.29, 1.82) is 0 Å². The topological polar surface area (TPSA) is 94.9 Å². The van der Waals surface area contributed by atoms with Gasteiger partial charge in [-0.3, -0.25) is 20.1 Å². The van der Waals surface area contributed by atoms with E-state index in [9.17, 15) is 10.1 Å². The molecule has 0 saturated carbocycles. The van der Waals surface area contributed by atoms with E-state index in [0.29, 0.717) is 12.5 Å². The zero-order valence-electron chi connectivity index (χ0n) is 12.9. The van der Waals surface area contributed by atoms with Crippen LogP contribution in [0.25, 0.3) is 0 Å². The lowest BCUT2D eigenvalue weighted by molar-refractivity contribution is -0.482. The number of hydrogen-bond acceptors (Lipinski definition) is 5. The van der Waals surface area contributed by atoms with Crippen molar-refractivity contribution in [3.05, 3.63) is 70.3 Å². The first kappa shape index (κ1) is 17.7. The second kappa shape index (κ2) is 9.57. The van der Waals surface area contributed by atoms with Crippen molar-refractivity contribution in [2.75, 3.05) is 13.1 Å². The van der Waals surface area contributed by atoms with Gasteiger partial charge in [0.05, 0.1) is 0 Å². The summed E-state index contributed by atoms with van der Waals surface area (Å²) < 4.78 is 0. The Morgan fingerprint density at radius 2 is 1.59 bits per heavy atom. The molecule has 0 fully saturated rings. The minimum Gasteiger partial charge on any atom is -0.330 e. The highest BCUT2D eigenvalue weighted by molar-refractivity contribution is 5.14. The van der Waals surface area contributed by atoms with Crippen LogP contribution in [-0.2, 0) is 0 Å². The molecule has 0 saturated heterocycles. The van der Waals surface area contributed by atoms with E-state index in [4.69, 9.17) is 5.73 Å². The molecule has 0 radical (unpaired) electrons. The third-order valence-electron chi connectivity index (χ3n) is 3.28. The Kier molecular flexibility index (Phi) is 7.70. The molecule has 0 aromatic carbocycles. The van der Waals surface area contributed by atoms with Gasteiger partial charge >= 0.3 is 0 Å². The van der Waals surface area contributed by atoms with Crippen molar-refractivity contribution < 1.29 is 4.92 Å². The first-order valence-corrected chi connectivity index (χ1v) is 7.16. The third-order valence-corrected chi connectivity index (χ3v) is 3.28. The first-order chi connectivity index (χ1) is 10.5. The number of pyridine rings is 2. The van der Waals surface area contributed by atoms with Crippen LogP contribution in [0.15, 0.2) is 49.1 Å². The zero-order valence-corrected chi connectivity index (χ0v) is 12.9. The molecule has 0 amide bonds. The van der Waals surface area contributed by atoms with Crippen LogP contribution < -0.4 is 5.73 Å². The summed E-state index contributed by atoms with van der Waals surface area (Å²) in [4.78, 5) is 17.7. The number of nitrogens with zero attached hydrogens (tertiary/aromatic N) is 3. The minimum atomic E-state index is -0.308. The van der Waals surface area contributed by atoms with Crippen molar-refractivity contribution >= 4 is 0 Å². The fourth-order valence-electron chi connectivity index (χ4n) is 1.80. The largest absolute Gasteiger partial charge is 0.330 e. The van der Waals surface area contributed by atoms with E-state index < -0.39 is 0 Å². The Morgan fingerprint density at radius 3 is 1.95 bits per heavy atom. The maximum Gasteiger partial charge on any atom is 0.210 e. The van der Waals surface area contributed by atoms with Gasteiger partial charge in [-0.15, -0.1) is 0 Å². The summed E-state index contributed by atoms with van der Waals surface area (Å²) in [6.07, 6.45) is 6.95.